The van der Waals surface area contributed by atoms with Crippen molar-refractivity contribution in [3.8, 4) is 0 Å². The Morgan fingerprint density at radius 2 is 1.70 bits per heavy atom. The van der Waals surface area contributed by atoms with E-state index in [0.717, 1.165) is 0 Å². The summed E-state index contributed by atoms with van der Waals surface area (Å²) in [5, 5.41) is 7.40. The molecular weight excluding hydrogens is 314 g/mol. The molecule has 0 spiro atoms. The number of hydrogen-bond donors (Lipinski definition) is 1. The fourth-order valence-corrected chi connectivity index (χ4v) is 3.25. The summed E-state index contributed by atoms with van der Waals surface area (Å²) in [7, 11) is -3.76. The van der Waals surface area contributed by atoms with Crippen molar-refractivity contribution in [1.82, 2.24) is 0 Å². The highest BCUT2D eigenvalue weighted by Gasteiger charge is 2.21. The summed E-state index contributed by atoms with van der Waals surface area (Å²) in [5.74, 6) is -0.290. The van der Waals surface area contributed by atoms with E-state index in [1.54, 1.807) is 42.5 Å². The zero-order chi connectivity index (χ0) is 16.3. The van der Waals surface area contributed by atoms with Crippen LogP contribution in [-0.2, 0) is 10.0 Å². The molecule has 1 heterocycles. The van der Waals surface area contributed by atoms with Gasteiger partial charge in [-0.15, -0.1) is 0 Å². The molecule has 1 aliphatic heterocycles. The van der Waals surface area contributed by atoms with Crippen LogP contribution in [0, 0.1) is 0 Å². The molecule has 0 fully saturated rings. The second-order valence-corrected chi connectivity index (χ2v) is 6.55. The third kappa shape index (κ3) is 3.19. The van der Waals surface area contributed by atoms with Crippen LogP contribution in [0.3, 0.4) is 0 Å². The molecule has 1 N–H and O–H groups in total. The smallest absolute Gasteiger partial charge is 0.261 e. The Bertz CT molecular complexity index is 903. The van der Waals surface area contributed by atoms with Crippen molar-refractivity contribution >= 4 is 21.5 Å². The number of ketones is 1. The first-order valence-corrected chi connectivity index (χ1v) is 8.33. The first-order chi connectivity index (χ1) is 11.1. The van der Waals surface area contributed by atoms with E-state index in [-0.39, 0.29) is 28.5 Å². The largest absolute Gasteiger partial charge is 0.289 e. The zero-order valence-corrected chi connectivity index (χ0v) is 12.8. The van der Waals surface area contributed by atoms with Gasteiger partial charge in [-0.3, -0.25) is 9.52 Å². The number of carbonyl (C=O) groups excluding carboxylic acids is 1. The molecule has 23 heavy (non-hydrogen) atoms. The summed E-state index contributed by atoms with van der Waals surface area (Å²) in [6.07, 6.45) is 1.39. The average Bonchev–Trinajstić information content (AvgIpc) is 3.10. The minimum absolute atomic E-state index is 0.132. The topological polar surface area (TPSA) is 88.0 Å². The molecule has 6 nitrogen and oxygen atoms in total. The van der Waals surface area contributed by atoms with Crippen LogP contribution in [0.5, 0.6) is 0 Å². The van der Waals surface area contributed by atoms with Crippen LogP contribution in [-0.4, -0.2) is 20.7 Å². The molecule has 2 aromatic rings. The number of rotatable bonds is 5. The van der Waals surface area contributed by atoms with Crippen molar-refractivity contribution in [1.29, 1.82) is 0 Å². The lowest BCUT2D eigenvalue weighted by Crippen LogP contribution is -2.16. The van der Waals surface area contributed by atoms with E-state index in [2.05, 4.69) is 15.0 Å². The third-order valence-corrected chi connectivity index (χ3v) is 4.68. The van der Waals surface area contributed by atoms with Crippen LogP contribution in [0.2, 0.25) is 0 Å². The summed E-state index contributed by atoms with van der Waals surface area (Å²) in [5.41, 5.74) is 0.927. The second kappa shape index (κ2) is 6.13. The lowest BCUT2D eigenvalue weighted by molar-refractivity contribution is 0.103. The Morgan fingerprint density at radius 1 is 1.00 bits per heavy atom. The predicted octanol–water partition coefficient (Wildman–Crippen LogP) is 3.02. The van der Waals surface area contributed by atoms with Gasteiger partial charge in [-0.2, -0.15) is 10.2 Å². The number of carbonyl (C=O) groups is 1. The number of anilines is 1. The maximum Gasteiger partial charge on any atom is 0.261 e. The molecule has 0 bridgehead atoms. The van der Waals surface area contributed by atoms with Gasteiger partial charge < -0.3 is 0 Å². The number of para-hydroxylation sites is 1. The first kappa shape index (κ1) is 15.1. The standard InChI is InChI=1S/C16H13N3O3S/c20-16(12-10-17-18-11-12)14-8-4-5-9-15(14)19-23(21,22)13-6-2-1-3-7-13/h1-10,19H,11H2. The van der Waals surface area contributed by atoms with E-state index in [4.69, 9.17) is 0 Å². The Balaban J connectivity index is 1.94. The van der Waals surface area contributed by atoms with E-state index in [9.17, 15) is 13.2 Å². The Labute approximate surface area is 133 Å². The van der Waals surface area contributed by atoms with E-state index in [1.807, 2.05) is 0 Å². The summed E-state index contributed by atoms with van der Waals surface area (Å²) < 4.78 is 27.3. The Kier molecular flexibility index (Phi) is 4.03. The van der Waals surface area contributed by atoms with Gasteiger partial charge >= 0.3 is 0 Å². The zero-order valence-electron chi connectivity index (χ0n) is 12.0. The molecule has 0 unspecified atom stereocenters. The fourth-order valence-electron chi connectivity index (χ4n) is 2.15. The van der Waals surface area contributed by atoms with Gasteiger partial charge in [0, 0.05) is 11.1 Å². The SMILES string of the molecule is O=C(C1=CN=NC1)c1ccccc1NS(=O)(=O)c1ccccc1. The third-order valence-electron chi connectivity index (χ3n) is 3.30. The molecule has 0 aliphatic carbocycles. The van der Waals surface area contributed by atoms with Crippen LogP contribution in [0.15, 0.2) is 81.5 Å². The first-order valence-electron chi connectivity index (χ1n) is 6.85. The fraction of sp³-hybridized carbons (Fsp3) is 0.0625. The van der Waals surface area contributed by atoms with Crippen molar-refractivity contribution in [2.75, 3.05) is 11.3 Å². The number of benzene rings is 2. The van der Waals surface area contributed by atoms with Crippen molar-refractivity contribution in [3.63, 3.8) is 0 Å². The molecule has 3 rings (SSSR count). The number of azo groups is 1. The molecule has 7 heteroatoms. The van der Waals surface area contributed by atoms with Crippen LogP contribution >= 0.6 is 0 Å². The van der Waals surface area contributed by atoms with E-state index in [1.165, 1.54) is 18.3 Å². The van der Waals surface area contributed by atoms with Gasteiger partial charge in [-0.05, 0) is 24.3 Å². The maximum atomic E-state index is 12.5. The molecule has 0 saturated heterocycles. The highest BCUT2D eigenvalue weighted by Crippen LogP contribution is 2.23. The normalized spacial score (nSPS) is 13.7. The number of nitrogens with zero attached hydrogens (tertiary/aromatic N) is 2. The molecule has 0 atom stereocenters. The molecule has 116 valence electrons. The summed E-state index contributed by atoms with van der Waals surface area (Å²) in [4.78, 5) is 12.6. The number of sulfonamides is 1. The van der Waals surface area contributed by atoms with Crippen molar-refractivity contribution in [2.45, 2.75) is 4.90 Å². The van der Waals surface area contributed by atoms with E-state index < -0.39 is 10.0 Å². The molecular formula is C16H13N3O3S. The number of nitrogens with one attached hydrogen (secondary N) is 1. The van der Waals surface area contributed by atoms with Gasteiger partial charge in [-0.1, -0.05) is 30.3 Å². The maximum absolute atomic E-state index is 12.5. The summed E-state index contributed by atoms with van der Waals surface area (Å²) >= 11 is 0. The predicted molar refractivity (Wildman–Crippen MR) is 85.8 cm³/mol. The lowest BCUT2D eigenvalue weighted by Gasteiger charge is -2.12. The molecule has 0 saturated carbocycles. The van der Waals surface area contributed by atoms with Gasteiger partial charge in [0.15, 0.2) is 5.78 Å². The average molecular weight is 327 g/mol. The van der Waals surface area contributed by atoms with Crippen LogP contribution in [0.25, 0.3) is 0 Å². The summed E-state index contributed by atoms with van der Waals surface area (Å²) in [6.45, 7) is 0.207. The molecule has 0 amide bonds. The molecule has 0 aromatic heterocycles. The molecule has 0 radical (unpaired) electrons. The highest BCUT2D eigenvalue weighted by atomic mass is 32.2. The van der Waals surface area contributed by atoms with Gasteiger partial charge in [-0.25, -0.2) is 8.42 Å². The van der Waals surface area contributed by atoms with E-state index in [0.29, 0.717) is 5.57 Å². The quantitative estimate of drug-likeness (QED) is 0.856. The Hall–Kier alpha value is -2.80. The van der Waals surface area contributed by atoms with Crippen LogP contribution in [0.1, 0.15) is 10.4 Å². The van der Waals surface area contributed by atoms with Crippen LogP contribution in [0.4, 0.5) is 5.69 Å². The number of hydrogen-bond acceptors (Lipinski definition) is 5. The van der Waals surface area contributed by atoms with E-state index >= 15 is 0 Å². The Morgan fingerprint density at radius 3 is 2.39 bits per heavy atom. The van der Waals surface area contributed by atoms with Crippen molar-refractivity contribution in [3.05, 3.63) is 71.9 Å². The van der Waals surface area contributed by atoms with Gasteiger partial charge in [0.1, 0.15) is 0 Å². The van der Waals surface area contributed by atoms with Gasteiger partial charge in [0.25, 0.3) is 10.0 Å². The monoisotopic (exact) mass is 327 g/mol. The van der Waals surface area contributed by atoms with Crippen molar-refractivity contribution in [2.24, 2.45) is 10.2 Å². The van der Waals surface area contributed by atoms with Crippen LogP contribution < -0.4 is 4.72 Å². The van der Waals surface area contributed by atoms with Crippen molar-refractivity contribution < 1.29 is 13.2 Å². The molecule has 2 aromatic carbocycles. The van der Waals surface area contributed by atoms with Gasteiger partial charge in [0.05, 0.1) is 23.3 Å². The highest BCUT2D eigenvalue weighted by molar-refractivity contribution is 7.92. The number of Topliss-reactive ketones (excluding diaryl/α,β-unsaturated/α-hetero) is 1. The second-order valence-electron chi connectivity index (χ2n) is 4.86. The van der Waals surface area contributed by atoms with Gasteiger partial charge in [0.2, 0.25) is 0 Å². The minimum atomic E-state index is -3.76. The molecule has 1 aliphatic rings. The minimum Gasteiger partial charge on any atom is -0.289 e. The summed E-state index contributed by atoms with van der Waals surface area (Å²) in [6, 6.07) is 14.5. The lowest BCUT2D eigenvalue weighted by atomic mass is 10.0.